The number of fused-ring (bicyclic) bond motifs is 3. The van der Waals surface area contributed by atoms with Gasteiger partial charge in [0.25, 0.3) is 0 Å². The molecule has 0 atom stereocenters. The maximum Gasteiger partial charge on any atom is 0.123 e. The fraction of sp³-hybridized carbons (Fsp3) is 0.0833. The summed E-state index contributed by atoms with van der Waals surface area (Å²) >= 11 is 1.64. The number of aryl methyl sites for hydroxylation is 1. The normalized spacial score (nSPS) is 11.3. The van der Waals surface area contributed by atoms with Gasteiger partial charge >= 0.3 is 0 Å². The third kappa shape index (κ3) is 1.31. The predicted octanol–water partition coefficient (Wildman–Crippen LogP) is 3.90. The van der Waals surface area contributed by atoms with Gasteiger partial charge < -0.3 is 0 Å². The number of nitrogens with zero attached hydrogens (tertiary/aromatic N) is 1. The fourth-order valence-electron chi connectivity index (χ4n) is 1.79. The van der Waals surface area contributed by atoms with Crippen LogP contribution in [0.3, 0.4) is 0 Å². The van der Waals surface area contributed by atoms with Crippen LogP contribution in [0.1, 0.15) is 5.01 Å². The largest absolute Gasteiger partial charge is 0.241 e. The topological polar surface area (TPSA) is 12.9 Å². The molecule has 0 aliphatic rings. The second-order valence-corrected chi connectivity index (χ2v) is 4.75. The van der Waals surface area contributed by atoms with Gasteiger partial charge in [0.05, 0.1) is 15.2 Å². The SMILES string of the molecule is Cc1nc2c(ccc3ccc(F)cc32)s1. The molecule has 0 amide bonds. The fourth-order valence-corrected chi connectivity index (χ4v) is 2.64. The van der Waals surface area contributed by atoms with Crippen molar-refractivity contribution in [3.8, 4) is 0 Å². The molecule has 0 radical (unpaired) electrons. The Kier molecular flexibility index (Phi) is 1.76. The molecule has 15 heavy (non-hydrogen) atoms. The molecule has 0 fully saturated rings. The zero-order valence-corrected chi connectivity index (χ0v) is 8.94. The monoisotopic (exact) mass is 217 g/mol. The van der Waals surface area contributed by atoms with Crippen molar-refractivity contribution in [1.82, 2.24) is 4.98 Å². The predicted molar refractivity (Wildman–Crippen MR) is 61.8 cm³/mol. The minimum atomic E-state index is -0.208. The number of aromatic nitrogens is 1. The van der Waals surface area contributed by atoms with E-state index in [1.54, 1.807) is 23.5 Å². The van der Waals surface area contributed by atoms with Crippen molar-refractivity contribution in [1.29, 1.82) is 0 Å². The standard InChI is InChI=1S/C12H8FNS/c1-7-14-12-10-6-9(13)4-2-8(10)3-5-11(12)15-7/h2-6H,1H3. The lowest BCUT2D eigenvalue weighted by Crippen LogP contribution is -1.78. The van der Waals surface area contributed by atoms with Crippen molar-refractivity contribution in [3.63, 3.8) is 0 Å². The molecule has 0 spiro atoms. The smallest absolute Gasteiger partial charge is 0.123 e. The van der Waals surface area contributed by atoms with Gasteiger partial charge in [0.1, 0.15) is 5.82 Å². The molecule has 1 heterocycles. The molecule has 74 valence electrons. The van der Waals surface area contributed by atoms with Crippen molar-refractivity contribution >= 4 is 32.3 Å². The highest BCUT2D eigenvalue weighted by molar-refractivity contribution is 7.18. The van der Waals surface area contributed by atoms with Crippen LogP contribution in [0.15, 0.2) is 30.3 Å². The number of hydrogen-bond acceptors (Lipinski definition) is 2. The highest BCUT2D eigenvalue weighted by Crippen LogP contribution is 2.29. The molecule has 2 aromatic carbocycles. The van der Waals surface area contributed by atoms with Gasteiger partial charge in [0, 0.05) is 5.39 Å². The Balaban J connectivity index is 2.56. The molecule has 0 unspecified atom stereocenters. The van der Waals surface area contributed by atoms with E-state index in [0.717, 1.165) is 26.0 Å². The number of halogens is 1. The van der Waals surface area contributed by atoms with Crippen molar-refractivity contribution in [2.24, 2.45) is 0 Å². The zero-order chi connectivity index (χ0) is 10.4. The lowest BCUT2D eigenvalue weighted by atomic mass is 10.1. The van der Waals surface area contributed by atoms with Crippen LogP contribution in [0.4, 0.5) is 4.39 Å². The first kappa shape index (κ1) is 8.80. The summed E-state index contributed by atoms with van der Waals surface area (Å²) in [6.07, 6.45) is 0. The second kappa shape index (κ2) is 3.00. The minimum Gasteiger partial charge on any atom is -0.241 e. The Bertz CT molecular complexity index is 657. The molecule has 3 rings (SSSR count). The Hall–Kier alpha value is -1.48. The molecule has 3 heteroatoms. The lowest BCUT2D eigenvalue weighted by molar-refractivity contribution is 0.630. The number of rotatable bonds is 0. The van der Waals surface area contributed by atoms with Gasteiger partial charge in [-0.25, -0.2) is 9.37 Å². The van der Waals surface area contributed by atoms with Gasteiger partial charge in [-0.3, -0.25) is 0 Å². The van der Waals surface area contributed by atoms with Crippen LogP contribution in [-0.4, -0.2) is 4.98 Å². The van der Waals surface area contributed by atoms with E-state index in [0.29, 0.717) is 0 Å². The first-order valence-electron chi connectivity index (χ1n) is 4.69. The summed E-state index contributed by atoms with van der Waals surface area (Å²) in [5.41, 5.74) is 0.912. The number of hydrogen-bond donors (Lipinski definition) is 0. The van der Waals surface area contributed by atoms with Gasteiger partial charge in [0.2, 0.25) is 0 Å². The van der Waals surface area contributed by atoms with E-state index in [2.05, 4.69) is 4.98 Å². The molecular weight excluding hydrogens is 209 g/mol. The van der Waals surface area contributed by atoms with Gasteiger partial charge in [0.15, 0.2) is 0 Å². The molecule has 1 nitrogen and oxygen atoms in total. The van der Waals surface area contributed by atoms with Crippen LogP contribution in [0.25, 0.3) is 21.0 Å². The molecular formula is C12H8FNS. The summed E-state index contributed by atoms with van der Waals surface area (Å²) < 4.78 is 14.3. The van der Waals surface area contributed by atoms with E-state index in [9.17, 15) is 4.39 Å². The Morgan fingerprint density at radius 3 is 2.87 bits per heavy atom. The molecule has 3 aromatic rings. The lowest BCUT2D eigenvalue weighted by Gasteiger charge is -1.98. The molecule has 0 bridgehead atoms. The van der Waals surface area contributed by atoms with E-state index in [-0.39, 0.29) is 5.82 Å². The Labute approximate surface area is 90.2 Å². The third-order valence-corrected chi connectivity index (χ3v) is 3.38. The van der Waals surface area contributed by atoms with Crippen molar-refractivity contribution in [2.75, 3.05) is 0 Å². The van der Waals surface area contributed by atoms with E-state index < -0.39 is 0 Å². The average molecular weight is 217 g/mol. The quantitative estimate of drug-likeness (QED) is 0.556. The summed E-state index contributed by atoms with van der Waals surface area (Å²) in [5, 5.41) is 2.95. The summed E-state index contributed by atoms with van der Waals surface area (Å²) in [6, 6.07) is 8.87. The number of thiazole rings is 1. The molecule has 0 aliphatic carbocycles. The Morgan fingerprint density at radius 2 is 2.00 bits per heavy atom. The van der Waals surface area contributed by atoms with Crippen LogP contribution in [0.2, 0.25) is 0 Å². The average Bonchev–Trinajstić information content (AvgIpc) is 2.58. The van der Waals surface area contributed by atoms with E-state index in [1.165, 1.54) is 6.07 Å². The third-order valence-electron chi connectivity index (χ3n) is 2.45. The van der Waals surface area contributed by atoms with Gasteiger partial charge in [-0.2, -0.15) is 0 Å². The van der Waals surface area contributed by atoms with E-state index >= 15 is 0 Å². The van der Waals surface area contributed by atoms with Crippen LogP contribution in [-0.2, 0) is 0 Å². The number of benzene rings is 2. The van der Waals surface area contributed by atoms with E-state index in [4.69, 9.17) is 0 Å². The highest BCUT2D eigenvalue weighted by atomic mass is 32.1. The first-order chi connectivity index (χ1) is 7.24. The van der Waals surface area contributed by atoms with Crippen LogP contribution < -0.4 is 0 Å². The zero-order valence-electron chi connectivity index (χ0n) is 8.12. The van der Waals surface area contributed by atoms with Gasteiger partial charge in [-0.1, -0.05) is 12.1 Å². The van der Waals surface area contributed by atoms with Crippen molar-refractivity contribution in [3.05, 3.63) is 41.2 Å². The van der Waals surface area contributed by atoms with Crippen molar-refractivity contribution in [2.45, 2.75) is 6.92 Å². The Morgan fingerprint density at radius 1 is 1.20 bits per heavy atom. The van der Waals surface area contributed by atoms with E-state index in [1.807, 2.05) is 19.1 Å². The highest BCUT2D eigenvalue weighted by Gasteiger charge is 2.05. The van der Waals surface area contributed by atoms with Crippen LogP contribution in [0, 0.1) is 12.7 Å². The summed E-state index contributed by atoms with van der Waals surface area (Å²) in [7, 11) is 0. The van der Waals surface area contributed by atoms with Crippen LogP contribution in [0.5, 0.6) is 0 Å². The minimum absolute atomic E-state index is 0.208. The summed E-state index contributed by atoms with van der Waals surface area (Å²) in [6.45, 7) is 1.97. The van der Waals surface area contributed by atoms with Gasteiger partial charge in [-0.15, -0.1) is 11.3 Å². The molecule has 1 aromatic heterocycles. The summed E-state index contributed by atoms with van der Waals surface area (Å²) in [4.78, 5) is 4.43. The first-order valence-corrected chi connectivity index (χ1v) is 5.51. The molecule has 0 N–H and O–H groups in total. The maximum absolute atomic E-state index is 13.1. The summed E-state index contributed by atoms with van der Waals surface area (Å²) in [5.74, 6) is -0.208. The molecule has 0 saturated heterocycles. The maximum atomic E-state index is 13.1. The molecule has 0 saturated carbocycles. The van der Waals surface area contributed by atoms with Crippen LogP contribution >= 0.6 is 11.3 Å². The van der Waals surface area contributed by atoms with Gasteiger partial charge in [-0.05, 0) is 30.5 Å². The molecule has 0 aliphatic heterocycles. The second-order valence-electron chi connectivity index (χ2n) is 3.51. The van der Waals surface area contributed by atoms with Crippen molar-refractivity contribution < 1.29 is 4.39 Å².